The van der Waals surface area contributed by atoms with Gasteiger partial charge in [-0.05, 0) is 12.1 Å². The quantitative estimate of drug-likeness (QED) is 0.580. The van der Waals surface area contributed by atoms with Gasteiger partial charge in [0.15, 0.2) is 0 Å². The van der Waals surface area contributed by atoms with E-state index in [2.05, 4.69) is 20.6 Å². The monoisotopic (exact) mass is 276 g/mol. The Morgan fingerprint density at radius 2 is 2.11 bits per heavy atom. The van der Waals surface area contributed by atoms with Crippen molar-refractivity contribution in [1.82, 2.24) is 15.3 Å². The molecular weight excluding hydrogens is 264 g/mol. The smallest absolute Gasteiger partial charge is 0.228 e. The van der Waals surface area contributed by atoms with Crippen LogP contribution in [-0.2, 0) is 13.0 Å². The number of nitrogens with zero attached hydrogens (tertiary/aromatic N) is 2. The second kappa shape index (κ2) is 5.03. The van der Waals surface area contributed by atoms with Crippen molar-refractivity contribution in [1.29, 1.82) is 0 Å². The van der Waals surface area contributed by atoms with Gasteiger partial charge in [-0.3, -0.25) is 0 Å². The number of aromatic nitrogens is 2. The fourth-order valence-electron chi connectivity index (χ4n) is 2.06. The summed E-state index contributed by atoms with van der Waals surface area (Å²) in [7, 11) is 0. The van der Waals surface area contributed by atoms with Gasteiger partial charge in [-0.1, -0.05) is 23.7 Å². The SMILES string of the molecule is Oc1ccccc1Nc1nc(Cl)c2c(n1)CCNC2. The Balaban J connectivity index is 1.94. The van der Waals surface area contributed by atoms with Crippen LogP contribution < -0.4 is 10.6 Å². The maximum atomic E-state index is 9.72. The largest absolute Gasteiger partial charge is 0.506 e. The van der Waals surface area contributed by atoms with Gasteiger partial charge in [0.05, 0.1) is 11.4 Å². The molecule has 1 aromatic carbocycles. The maximum Gasteiger partial charge on any atom is 0.228 e. The molecule has 0 unspecified atom stereocenters. The molecule has 0 saturated heterocycles. The topological polar surface area (TPSA) is 70.1 Å². The number of hydrogen-bond acceptors (Lipinski definition) is 5. The Labute approximate surface area is 115 Å². The van der Waals surface area contributed by atoms with E-state index in [1.165, 1.54) is 0 Å². The molecule has 1 aliphatic rings. The Morgan fingerprint density at radius 3 is 2.95 bits per heavy atom. The van der Waals surface area contributed by atoms with Crippen molar-refractivity contribution in [2.24, 2.45) is 0 Å². The predicted octanol–water partition coefficient (Wildman–Crippen LogP) is 2.22. The van der Waals surface area contributed by atoms with E-state index in [1.807, 2.05) is 6.07 Å². The third kappa shape index (κ3) is 2.47. The van der Waals surface area contributed by atoms with Crippen LogP contribution in [-0.4, -0.2) is 21.6 Å². The van der Waals surface area contributed by atoms with Crippen LogP contribution in [0.25, 0.3) is 0 Å². The Kier molecular flexibility index (Phi) is 3.23. The van der Waals surface area contributed by atoms with Crippen LogP contribution in [0.1, 0.15) is 11.3 Å². The summed E-state index contributed by atoms with van der Waals surface area (Å²) < 4.78 is 0. The first-order valence-electron chi connectivity index (χ1n) is 6.05. The zero-order valence-electron chi connectivity index (χ0n) is 10.2. The van der Waals surface area contributed by atoms with Gasteiger partial charge in [0.2, 0.25) is 5.95 Å². The summed E-state index contributed by atoms with van der Waals surface area (Å²) in [5, 5.41) is 16.4. The molecule has 98 valence electrons. The highest BCUT2D eigenvalue weighted by Gasteiger charge is 2.16. The molecule has 0 atom stereocenters. The summed E-state index contributed by atoms with van der Waals surface area (Å²) >= 11 is 6.16. The van der Waals surface area contributed by atoms with Crippen molar-refractivity contribution in [3.63, 3.8) is 0 Å². The highest BCUT2D eigenvalue weighted by molar-refractivity contribution is 6.30. The number of fused-ring (bicyclic) bond motifs is 1. The third-order valence-electron chi connectivity index (χ3n) is 3.03. The van der Waals surface area contributed by atoms with Crippen molar-refractivity contribution in [3.8, 4) is 5.75 Å². The van der Waals surface area contributed by atoms with E-state index >= 15 is 0 Å². The van der Waals surface area contributed by atoms with Gasteiger partial charge in [0.25, 0.3) is 0 Å². The minimum absolute atomic E-state index is 0.154. The molecular formula is C13H13ClN4O. The van der Waals surface area contributed by atoms with E-state index in [4.69, 9.17) is 11.6 Å². The van der Waals surface area contributed by atoms with Gasteiger partial charge in [-0.2, -0.15) is 0 Å². The zero-order valence-corrected chi connectivity index (χ0v) is 10.9. The van der Waals surface area contributed by atoms with Crippen LogP contribution in [0.2, 0.25) is 5.15 Å². The van der Waals surface area contributed by atoms with Crippen LogP contribution in [0.5, 0.6) is 5.75 Å². The number of halogens is 1. The van der Waals surface area contributed by atoms with Gasteiger partial charge >= 0.3 is 0 Å². The highest BCUT2D eigenvalue weighted by Crippen LogP contribution is 2.27. The summed E-state index contributed by atoms with van der Waals surface area (Å²) in [5.74, 6) is 0.564. The first kappa shape index (κ1) is 12.2. The Morgan fingerprint density at radius 1 is 1.26 bits per heavy atom. The molecule has 3 N–H and O–H groups in total. The number of phenolic OH excluding ortho intramolecular Hbond substituents is 1. The molecule has 0 bridgehead atoms. The van der Waals surface area contributed by atoms with Crippen molar-refractivity contribution in [2.75, 3.05) is 11.9 Å². The van der Waals surface area contributed by atoms with Gasteiger partial charge in [0, 0.05) is 25.1 Å². The fraction of sp³-hybridized carbons (Fsp3) is 0.231. The summed E-state index contributed by atoms with van der Waals surface area (Å²) in [6.07, 6.45) is 0.826. The second-order valence-electron chi connectivity index (χ2n) is 4.33. The average Bonchev–Trinajstić information content (AvgIpc) is 2.42. The van der Waals surface area contributed by atoms with Crippen LogP contribution >= 0.6 is 11.6 Å². The molecule has 0 spiro atoms. The van der Waals surface area contributed by atoms with Crippen LogP contribution in [0.15, 0.2) is 24.3 Å². The third-order valence-corrected chi connectivity index (χ3v) is 3.35. The number of phenols is 1. The standard InChI is InChI=1S/C13H13ClN4O/c14-12-8-7-15-6-5-9(8)16-13(18-12)17-10-3-1-2-4-11(10)19/h1-4,15,19H,5-7H2,(H,16,17,18). The molecule has 19 heavy (non-hydrogen) atoms. The molecule has 0 amide bonds. The van der Waals surface area contributed by atoms with E-state index < -0.39 is 0 Å². The lowest BCUT2D eigenvalue weighted by Gasteiger charge is -2.18. The minimum Gasteiger partial charge on any atom is -0.506 e. The number of para-hydroxylation sites is 2. The highest BCUT2D eigenvalue weighted by atomic mass is 35.5. The lowest BCUT2D eigenvalue weighted by atomic mass is 10.1. The Hall–Kier alpha value is -1.85. The van der Waals surface area contributed by atoms with Crippen LogP contribution in [0.3, 0.4) is 0 Å². The van der Waals surface area contributed by atoms with E-state index in [0.717, 1.165) is 24.2 Å². The zero-order chi connectivity index (χ0) is 13.2. The number of anilines is 2. The minimum atomic E-state index is 0.154. The summed E-state index contributed by atoms with van der Waals surface area (Å²) in [6, 6.07) is 6.94. The second-order valence-corrected chi connectivity index (χ2v) is 4.69. The number of benzene rings is 1. The van der Waals surface area contributed by atoms with Crippen molar-refractivity contribution < 1.29 is 5.11 Å². The number of hydrogen-bond donors (Lipinski definition) is 3. The molecule has 5 nitrogen and oxygen atoms in total. The molecule has 2 aromatic rings. The van der Waals surface area contributed by atoms with E-state index in [-0.39, 0.29) is 5.75 Å². The van der Waals surface area contributed by atoms with Crippen molar-refractivity contribution in [3.05, 3.63) is 40.7 Å². The van der Waals surface area contributed by atoms with Gasteiger partial charge in [-0.15, -0.1) is 0 Å². The molecule has 0 fully saturated rings. The van der Waals surface area contributed by atoms with Crippen molar-refractivity contribution in [2.45, 2.75) is 13.0 Å². The predicted molar refractivity (Wildman–Crippen MR) is 73.8 cm³/mol. The summed E-state index contributed by atoms with van der Waals surface area (Å²) in [5.41, 5.74) is 2.47. The first-order valence-corrected chi connectivity index (χ1v) is 6.43. The van der Waals surface area contributed by atoms with E-state index in [0.29, 0.717) is 23.3 Å². The average molecular weight is 277 g/mol. The maximum absolute atomic E-state index is 9.72. The van der Waals surface area contributed by atoms with Gasteiger partial charge < -0.3 is 15.7 Å². The molecule has 1 aliphatic heterocycles. The van der Waals surface area contributed by atoms with E-state index in [9.17, 15) is 5.11 Å². The molecule has 0 radical (unpaired) electrons. The number of nitrogens with one attached hydrogen (secondary N) is 2. The number of aromatic hydroxyl groups is 1. The van der Waals surface area contributed by atoms with Crippen LogP contribution in [0, 0.1) is 0 Å². The van der Waals surface area contributed by atoms with Crippen LogP contribution in [0.4, 0.5) is 11.6 Å². The molecule has 2 heterocycles. The molecule has 3 rings (SSSR count). The van der Waals surface area contributed by atoms with Gasteiger partial charge in [-0.25, -0.2) is 9.97 Å². The summed E-state index contributed by atoms with van der Waals surface area (Å²) in [4.78, 5) is 8.67. The summed E-state index contributed by atoms with van der Waals surface area (Å²) in [6.45, 7) is 1.58. The molecule has 0 saturated carbocycles. The molecule has 6 heteroatoms. The lowest BCUT2D eigenvalue weighted by Crippen LogP contribution is -2.25. The first-order chi connectivity index (χ1) is 9.24. The van der Waals surface area contributed by atoms with Crippen molar-refractivity contribution >= 4 is 23.2 Å². The Bertz CT molecular complexity index is 618. The number of rotatable bonds is 2. The normalized spacial score (nSPS) is 13.9. The lowest BCUT2D eigenvalue weighted by molar-refractivity contribution is 0.477. The van der Waals surface area contributed by atoms with E-state index in [1.54, 1.807) is 18.2 Å². The fourth-order valence-corrected chi connectivity index (χ4v) is 2.31. The molecule has 1 aromatic heterocycles. The molecule has 0 aliphatic carbocycles. The van der Waals surface area contributed by atoms with Gasteiger partial charge in [0.1, 0.15) is 10.9 Å².